The Morgan fingerprint density at radius 3 is 2.56 bits per heavy atom. The lowest BCUT2D eigenvalue weighted by atomic mass is 9.53. The predicted octanol–water partition coefficient (Wildman–Crippen LogP) is 3.56. The molecule has 4 aromatic rings. The summed E-state index contributed by atoms with van der Waals surface area (Å²) in [5.74, 6) is 0.963. The summed E-state index contributed by atoms with van der Waals surface area (Å²) in [6.45, 7) is 1.87. The molecule has 3 aliphatic rings. The van der Waals surface area contributed by atoms with E-state index >= 15 is 0 Å². The number of imidazole rings is 1. The Balaban J connectivity index is 1.48. The minimum Gasteiger partial charge on any atom is -0.481 e. The van der Waals surface area contributed by atoms with Crippen LogP contribution in [-0.2, 0) is 10.2 Å². The maximum Gasteiger partial charge on any atom is 0.309 e. The number of carbonyl (C=O) groups is 1. The number of H-pyrrole nitrogens is 1. The summed E-state index contributed by atoms with van der Waals surface area (Å²) < 4.78 is 1.74. The zero-order chi connectivity index (χ0) is 21.9. The van der Waals surface area contributed by atoms with Gasteiger partial charge in [-0.05, 0) is 63.6 Å². The first kappa shape index (κ1) is 19.1. The van der Waals surface area contributed by atoms with Gasteiger partial charge in [0, 0.05) is 23.4 Å². The Morgan fingerprint density at radius 2 is 1.84 bits per heavy atom. The second kappa shape index (κ2) is 6.69. The zero-order valence-corrected chi connectivity index (χ0v) is 17.7. The van der Waals surface area contributed by atoms with E-state index in [1.165, 1.54) is 6.33 Å². The highest BCUT2D eigenvalue weighted by Crippen LogP contribution is 2.57. The standard InChI is InChI=1S/C23H23N7O2/c1-14-24-11-4-16(27-14)19-18(15-2-3-17-25-13-26-30(17)12-15)28-20(29-19)22-5-8-23(9-6-22,10-7-22)21(31)32/h2-4,11-13H,5-10H2,1H3,(H,28,29)(H,31,32). The van der Waals surface area contributed by atoms with Gasteiger partial charge in [0.1, 0.15) is 23.7 Å². The van der Waals surface area contributed by atoms with Gasteiger partial charge in [-0.3, -0.25) is 4.79 Å². The summed E-state index contributed by atoms with van der Waals surface area (Å²) in [6, 6.07) is 5.81. The Bertz CT molecular complexity index is 1330. The molecule has 162 valence electrons. The number of aliphatic carboxylic acids is 1. The van der Waals surface area contributed by atoms with Crippen LogP contribution in [0.15, 0.2) is 36.9 Å². The third-order valence-corrected chi connectivity index (χ3v) is 7.49. The highest BCUT2D eigenvalue weighted by Gasteiger charge is 2.54. The van der Waals surface area contributed by atoms with Crippen molar-refractivity contribution in [2.24, 2.45) is 5.41 Å². The molecule has 0 amide bonds. The lowest BCUT2D eigenvalue weighted by Crippen LogP contribution is -2.48. The van der Waals surface area contributed by atoms with Crippen molar-refractivity contribution in [3.63, 3.8) is 0 Å². The van der Waals surface area contributed by atoms with Crippen LogP contribution in [0, 0.1) is 12.3 Å². The molecule has 0 radical (unpaired) electrons. The highest BCUT2D eigenvalue weighted by atomic mass is 16.4. The van der Waals surface area contributed by atoms with Gasteiger partial charge in [-0.2, -0.15) is 5.10 Å². The number of nitrogens with zero attached hydrogens (tertiary/aromatic N) is 6. The second-order valence-electron chi connectivity index (χ2n) is 9.14. The lowest BCUT2D eigenvalue weighted by Gasteiger charge is -2.50. The molecule has 3 saturated carbocycles. The van der Waals surface area contributed by atoms with Gasteiger partial charge in [0.2, 0.25) is 0 Å². The van der Waals surface area contributed by atoms with Crippen molar-refractivity contribution in [1.29, 1.82) is 0 Å². The van der Waals surface area contributed by atoms with Gasteiger partial charge in [0.05, 0.1) is 16.8 Å². The molecular weight excluding hydrogens is 406 g/mol. The van der Waals surface area contributed by atoms with Crippen LogP contribution in [0.4, 0.5) is 0 Å². The van der Waals surface area contributed by atoms with Crippen LogP contribution in [0.25, 0.3) is 28.3 Å². The summed E-state index contributed by atoms with van der Waals surface area (Å²) >= 11 is 0. The minimum absolute atomic E-state index is 0.121. The Labute approximate surface area is 184 Å². The van der Waals surface area contributed by atoms with Crippen molar-refractivity contribution in [3.8, 4) is 22.6 Å². The monoisotopic (exact) mass is 429 g/mol. The van der Waals surface area contributed by atoms with Crippen molar-refractivity contribution in [3.05, 3.63) is 48.6 Å². The summed E-state index contributed by atoms with van der Waals surface area (Å²) in [5.41, 5.74) is 3.46. The van der Waals surface area contributed by atoms with E-state index in [1.54, 1.807) is 10.7 Å². The largest absolute Gasteiger partial charge is 0.481 e. The summed E-state index contributed by atoms with van der Waals surface area (Å²) in [4.78, 5) is 33.7. The van der Waals surface area contributed by atoms with Gasteiger partial charge in [0.25, 0.3) is 0 Å². The van der Waals surface area contributed by atoms with E-state index in [0.29, 0.717) is 25.1 Å². The minimum atomic E-state index is -0.649. The Kier molecular flexibility index (Phi) is 3.99. The van der Waals surface area contributed by atoms with Crippen LogP contribution in [0.5, 0.6) is 0 Å². The number of rotatable bonds is 4. The number of carboxylic acid groups (broad SMARTS) is 1. The molecule has 0 spiro atoms. The van der Waals surface area contributed by atoms with Crippen molar-refractivity contribution in [1.82, 2.24) is 34.5 Å². The van der Waals surface area contributed by atoms with Gasteiger partial charge in [-0.25, -0.2) is 24.5 Å². The molecule has 3 aliphatic carbocycles. The fourth-order valence-corrected chi connectivity index (χ4v) is 5.43. The molecule has 2 N–H and O–H groups in total. The van der Waals surface area contributed by atoms with Gasteiger partial charge in [-0.15, -0.1) is 0 Å². The predicted molar refractivity (Wildman–Crippen MR) is 116 cm³/mol. The van der Waals surface area contributed by atoms with E-state index in [9.17, 15) is 9.90 Å². The molecule has 0 saturated heterocycles. The molecule has 4 aromatic heterocycles. The maximum atomic E-state index is 11.9. The van der Waals surface area contributed by atoms with E-state index in [4.69, 9.17) is 4.98 Å². The third kappa shape index (κ3) is 2.77. The first-order valence-electron chi connectivity index (χ1n) is 10.9. The summed E-state index contributed by atoms with van der Waals surface area (Å²) in [7, 11) is 0. The fourth-order valence-electron chi connectivity index (χ4n) is 5.43. The highest BCUT2D eigenvalue weighted by molar-refractivity contribution is 5.77. The molecule has 9 heteroatoms. The molecular formula is C23H23N7O2. The van der Waals surface area contributed by atoms with Gasteiger partial charge in [-0.1, -0.05) is 0 Å². The Morgan fingerprint density at radius 1 is 1.06 bits per heavy atom. The molecule has 0 aromatic carbocycles. The number of aromatic amines is 1. The van der Waals surface area contributed by atoms with Crippen LogP contribution in [0.3, 0.4) is 0 Å². The SMILES string of the molecule is Cc1nccc(-c2nc(C34CCC(C(=O)O)(CC3)CC4)[nH]c2-c2ccc3ncnn3c2)n1. The molecule has 9 nitrogen and oxygen atoms in total. The van der Waals surface area contributed by atoms with E-state index in [-0.39, 0.29) is 5.41 Å². The Hall–Kier alpha value is -3.62. The van der Waals surface area contributed by atoms with E-state index < -0.39 is 11.4 Å². The zero-order valence-electron chi connectivity index (χ0n) is 17.7. The average molecular weight is 429 g/mol. The van der Waals surface area contributed by atoms with Crippen LogP contribution in [0.2, 0.25) is 0 Å². The first-order chi connectivity index (χ1) is 15.5. The van der Waals surface area contributed by atoms with Crippen LogP contribution in [0.1, 0.15) is 50.2 Å². The molecule has 7 rings (SSSR count). The number of fused-ring (bicyclic) bond motifs is 4. The van der Waals surface area contributed by atoms with E-state index in [2.05, 4.69) is 25.0 Å². The number of hydrogen-bond donors (Lipinski definition) is 2. The molecule has 2 bridgehead atoms. The van der Waals surface area contributed by atoms with Crippen LogP contribution in [-0.4, -0.2) is 45.6 Å². The van der Waals surface area contributed by atoms with E-state index in [0.717, 1.165) is 53.4 Å². The topological polar surface area (TPSA) is 122 Å². The van der Waals surface area contributed by atoms with Crippen molar-refractivity contribution in [2.75, 3.05) is 0 Å². The molecule has 3 fully saturated rings. The number of carboxylic acids is 1. The van der Waals surface area contributed by atoms with Crippen LogP contribution >= 0.6 is 0 Å². The molecule has 32 heavy (non-hydrogen) atoms. The fraction of sp³-hybridized carbons (Fsp3) is 0.391. The quantitative estimate of drug-likeness (QED) is 0.508. The van der Waals surface area contributed by atoms with Gasteiger partial charge < -0.3 is 10.1 Å². The van der Waals surface area contributed by atoms with Crippen molar-refractivity contribution < 1.29 is 9.90 Å². The number of aryl methyl sites for hydroxylation is 1. The average Bonchev–Trinajstić information content (AvgIpc) is 3.47. The van der Waals surface area contributed by atoms with Crippen molar-refractivity contribution >= 4 is 11.6 Å². The van der Waals surface area contributed by atoms with Gasteiger partial charge in [0.15, 0.2) is 5.65 Å². The van der Waals surface area contributed by atoms with Gasteiger partial charge >= 0.3 is 5.97 Å². The second-order valence-corrected chi connectivity index (χ2v) is 9.14. The number of nitrogens with one attached hydrogen (secondary N) is 1. The van der Waals surface area contributed by atoms with Crippen molar-refractivity contribution in [2.45, 2.75) is 50.9 Å². The number of pyridine rings is 1. The normalized spacial score (nSPS) is 24.8. The summed E-state index contributed by atoms with van der Waals surface area (Å²) in [5, 5.41) is 14.0. The number of aromatic nitrogens is 7. The first-order valence-corrected chi connectivity index (χ1v) is 10.9. The van der Waals surface area contributed by atoms with E-state index in [1.807, 2.05) is 31.3 Å². The molecule has 0 atom stereocenters. The number of hydrogen-bond acceptors (Lipinski definition) is 6. The third-order valence-electron chi connectivity index (χ3n) is 7.49. The maximum absolute atomic E-state index is 11.9. The molecule has 0 aliphatic heterocycles. The summed E-state index contributed by atoms with van der Waals surface area (Å²) in [6.07, 6.45) is 9.80. The molecule has 4 heterocycles. The lowest BCUT2D eigenvalue weighted by molar-refractivity contribution is -0.156. The molecule has 0 unspecified atom stereocenters. The van der Waals surface area contributed by atoms with Crippen LogP contribution < -0.4 is 0 Å². The smallest absolute Gasteiger partial charge is 0.309 e.